The minimum atomic E-state index is -0.489. The van der Waals surface area contributed by atoms with Gasteiger partial charge in [0.05, 0.1) is 31.0 Å². The van der Waals surface area contributed by atoms with E-state index in [1.807, 2.05) is 11.0 Å². The van der Waals surface area contributed by atoms with Crippen LogP contribution in [0.15, 0.2) is 36.7 Å². The number of carbonyl (C=O) groups excluding carboxylic acids is 1. The minimum absolute atomic E-state index is 0.349. The molecule has 12 heteroatoms. The van der Waals surface area contributed by atoms with Crippen LogP contribution < -0.4 is 10.6 Å². The fourth-order valence-corrected chi connectivity index (χ4v) is 5.86. The van der Waals surface area contributed by atoms with E-state index in [0.717, 1.165) is 39.3 Å². The van der Waals surface area contributed by atoms with E-state index in [2.05, 4.69) is 21.4 Å². The van der Waals surface area contributed by atoms with Crippen LogP contribution >= 0.6 is 11.3 Å². The van der Waals surface area contributed by atoms with Crippen LogP contribution in [0.5, 0.6) is 0 Å². The first-order valence-corrected chi connectivity index (χ1v) is 13.0. The van der Waals surface area contributed by atoms with E-state index < -0.39 is 5.91 Å². The first kappa shape index (κ1) is 23.8. The van der Waals surface area contributed by atoms with Gasteiger partial charge in [0.25, 0.3) is 5.91 Å². The number of thiazole rings is 1. The second-order valence-corrected chi connectivity index (χ2v) is 10.2. The van der Waals surface area contributed by atoms with Crippen LogP contribution in [0.2, 0.25) is 0 Å². The van der Waals surface area contributed by atoms with Crippen molar-refractivity contribution in [3.63, 3.8) is 0 Å². The molecule has 1 aromatic carbocycles. The number of morpholine rings is 1. The Labute approximate surface area is 216 Å². The first-order chi connectivity index (χ1) is 18.0. The molecule has 0 spiro atoms. The number of aromatic amines is 1. The summed E-state index contributed by atoms with van der Waals surface area (Å²) in [4.78, 5) is 36.3. The van der Waals surface area contributed by atoms with Gasteiger partial charge in [-0.3, -0.25) is 9.69 Å². The van der Waals surface area contributed by atoms with E-state index in [1.54, 1.807) is 12.3 Å². The molecule has 3 N–H and O–H groups in total. The highest BCUT2D eigenvalue weighted by atomic mass is 32.1. The van der Waals surface area contributed by atoms with E-state index in [1.165, 1.54) is 17.4 Å². The molecule has 37 heavy (non-hydrogen) atoms. The Morgan fingerprint density at radius 2 is 1.89 bits per heavy atom. The molecular formula is C25H27FN8O2S. The number of ether oxygens (including phenoxy) is 1. The van der Waals surface area contributed by atoms with Crippen LogP contribution in [0.4, 0.5) is 10.2 Å². The number of benzene rings is 1. The van der Waals surface area contributed by atoms with Crippen molar-refractivity contribution in [3.8, 4) is 11.4 Å². The molecule has 0 unspecified atom stereocenters. The highest BCUT2D eigenvalue weighted by molar-refractivity contribution is 7.18. The number of hydrogen-bond donors (Lipinski definition) is 2. The minimum Gasteiger partial charge on any atom is -0.378 e. The summed E-state index contributed by atoms with van der Waals surface area (Å²) in [6, 6.07) is 5.01. The predicted molar refractivity (Wildman–Crippen MR) is 141 cm³/mol. The number of nitrogens with two attached hydrogens (primary N) is 1. The molecule has 5 heterocycles. The summed E-state index contributed by atoms with van der Waals surface area (Å²) in [5, 5.41) is 1.66. The number of nitrogens with one attached hydrogen (secondary N) is 1. The number of halogens is 1. The lowest BCUT2D eigenvalue weighted by molar-refractivity contribution is -0.116. The lowest BCUT2D eigenvalue weighted by Crippen LogP contribution is -2.47. The van der Waals surface area contributed by atoms with Crippen LogP contribution in [0, 0.1) is 5.82 Å². The number of hydrogen-bond acceptors (Lipinski definition) is 9. The van der Waals surface area contributed by atoms with Gasteiger partial charge in [0.1, 0.15) is 21.2 Å². The van der Waals surface area contributed by atoms with Gasteiger partial charge in [-0.2, -0.15) is 0 Å². The Balaban J connectivity index is 1.35. The molecule has 4 aromatic rings. The number of piperazine rings is 1. The van der Waals surface area contributed by atoms with Gasteiger partial charge in [-0.1, -0.05) is 17.9 Å². The fraction of sp³-hybridized carbons (Fsp3) is 0.360. The second-order valence-electron chi connectivity index (χ2n) is 9.17. The molecule has 0 saturated carbocycles. The molecule has 192 valence electrons. The summed E-state index contributed by atoms with van der Waals surface area (Å²) in [6.45, 7) is 9.87. The standard InChI is InChI=1S/C25H27FN8O2S/c1-15(22(27)35)33-8-6-32(7-9-33)14-19-29-21-24(34-10-12-36-13-11-34)30-23(31-25(21)37-19)20-16-4-5-28-18(16)3-2-17(20)26/h2-5,28H,1,6-14H2,(H2,27,35). The number of rotatable bonds is 6. The Morgan fingerprint density at radius 1 is 1.11 bits per heavy atom. The zero-order valence-electron chi connectivity index (χ0n) is 20.2. The monoisotopic (exact) mass is 522 g/mol. The van der Waals surface area contributed by atoms with Crippen molar-refractivity contribution in [2.75, 3.05) is 57.4 Å². The molecule has 0 radical (unpaired) electrons. The quantitative estimate of drug-likeness (QED) is 0.371. The maximum absolute atomic E-state index is 15.1. The van der Waals surface area contributed by atoms with Gasteiger partial charge in [-0.25, -0.2) is 19.3 Å². The van der Waals surface area contributed by atoms with Gasteiger partial charge in [-0.05, 0) is 18.2 Å². The normalized spacial score (nSPS) is 17.1. The third kappa shape index (κ3) is 4.52. The molecule has 2 aliphatic heterocycles. The Morgan fingerprint density at radius 3 is 2.65 bits per heavy atom. The van der Waals surface area contributed by atoms with Crippen LogP contribution in [0.1, 0.15) is 5.01 Å². The van der Waals surface area contributed by atoms with Crippen molar-refractivity contribution in [1.29, 1.82) is 0 Å². The maximum atomic E-state index is 15.1. The number of amides is 1. The van der Waals surface area contributed by atoms with Crippen molar-refractivity contribution >= 4 is 44.3 Å². The lowest BCUT2D eigenvalue weighted by Gasteiger charge is -2.35. The molecule has 3 aromatic heterocycles. The van der Waals surface area contributed by atoms with Gasteiger partial charge < -0.3 is 25.3 Å². The molecule has 2 aliphatic rings. The van der Waals surface area contributed by atoms with Crippen molar-refractivity contribution in [1.82, 2.24) is 29.7 Å². The molecule has 6 rings (SSSR count). The van der Waals surface area contributed by atoms with Crippen LogP contribution in [-0.4, -0.2) is 88.1 Å². The van der Waals surface area contributed by atoms with Gasteiger partial charge in [0.15, 0.2) is 11.6 Å². The zero-order valence-corrected chi connectivity index (χ0v) is 21.1. The Hall–Kier alpha value is -3.61. The average molecular weight is 523 g/mol. The smallest absolute Gasteiger partial charge is 0.264 e. The summed E-state index contributed by atoms with van der Waals surface area (Å²) in [5.41, 5.74) is 7.67. The third-order valence-electron chi connectivity index (χ3n) is 6.90. The van der Waals surface area contributed by atoms with Crippen molar-refractivity contribution in [2.45, 2.75) is 6.54 Å². The number of H-pyrrole nitrogens is 1. The summed E-state index contributed by atoms with van der Waals surface area (Å²) < 4.78 is 20.7. The molecule has 10 nitrogen and oxygen atoms in total. The van der Waals surface area contributed by atoms with E-state index in [-0.39, 0.29) is 5.82 Å². The number of carbonyl (C=O) groups is 1. The average Bonchev–Trinajstić information content (AvgIpc) is 3.55. The van der Waals surface area contributed by atoms with E-state index in [0.29, 0.717) is 68.8 Å². The number of nitrogens with zero attached hydrogens (tertiary/aromatic N) is 6. The molecule has 1 amide bonds. The van der Waals surface area contributed by atoms with Gasteiger partial charge >= 0.3 is 0 Å². The van der Waals surface area contributed by atoms with Gasteiger partial charge in [0, 0.05) is 56.4 Å². The summed E-state index contributed by atoms with van der Waals surface area (Å²) >= 11 is 1.51. The van der Waals surface area contributed by atoms with Crippen LogP contribution in [0.25, 0.3) is 32.6 Å². The topological polar surface area (TPSA) is 117 Å². The zero-order chi connectivity index (χ0) is 25.5. The number of aromatic nitrogens is 4. The lowest BCUT2D eigenvalue weighted by atomic mass is 10.1. The second kappa shape index (κ2) is 9.69. The maximum Gasteiger partial charge on any atom is 0.264 e. The molecular weight excluding hydrogens is 495 g/mol. The molecule has 0 atom stereocenters. The van der Waals surface area contributed by atoms with Crippen LogP contribution in [0.3, 0.4) is 0 Å². The van der Waals surface area contributed by atoms with Crippen molar-refractivity contribution in [2.24, 2.45) is 5.73 Å². The predicted octanol–water partition coefficient (Wildman–Crippen LogP) is 2.33. The Bertz CT molecular complexity index is 1490. The van der Waals surface area contributed by atoms with E-state index in [9.17, 15) is 4.79 Å². The first-order valence-electron chi connectivity index (χ1n) is 12.2. The van der Waals surface area contributed by atoms with Crippen molar-refractivity contribution < 1.29 is 13.9 Å². The molecule has 0 aliphatic carbocycles. The number of anilines is 1. The SMILES string of the molecule is C=C(C(N)=O)N1CCN(Cc2nc3c(N4CCOCC4)nc(-c4c(F)ccc5[nH]ccc45)nc3s2)CC1. The summed E-state index contributed by atoms with van der Waals surface area (Å²) in [6.07, 6.45) is 1.79. The Kier molecular flexibility index (Phi) is 6.22. The van der Waals surface area contributed by atoms with Gasteiger partial charge in [0.2, 0.25) is 0 Å². The summed E-state index contributed by atoms with van der Waals surface area (Å²) in [5.74, 6) is 0.210. The fourth-order valence-electron chi connectivity index (χ4n) is 4.88. The highest BCUT2D eigenvalue weighted by Gasteiger charge is 2.25. The largest absolute Gasteiger partial charge is 0.378 e. The number of fused-ring (bicyclic) bond motifs is 2. The summed E-state index contributed by atoms with van der Waals surface area (Å²) in [7, 11) is 0. The van der Waals surface area contributed by atoms with Gasteiger partial charge in [-0.15, -0.1) is 0 Å². The number of primary amides is 1. The van der Waals surface area contributed by atoms with Crippen molar-refractivity contribution in [3.05, 3.63) is 47.5 Å². The third-order valence-corrected chi connectivity index (χ3v) is 7.83. The van der Waals surface area contributed by atoms with E-state index >= 15 is 4.39 Å². The molecule has 2 fully saturated rings. The molecule has 0 bridgehead atoms. The van der Waals surface area contributed by atoms with Crippen LogP contribution in [-0.2, 0) is 16.1 Å². The highest BCUT2D eigenvalue weighted by Crippen LogP contribution is 2.35. The van der Waals surface area contributed by atoms with E-state index in [4.69, 9.17) is 25.4 Å². The molecule has 2 saturated heterocycles.